The van der Waals surface area contributed by atoms with Gasteiger partial charge in [-0.15, -0.1) is 0 Å². The number of benzene rings is 7. The van der Waals surface area contributed by atoms with Gasteiger partial charge < -0.3 is 18.9 Å². The van der Waals surface area contributed by atoms with Crippen LogP contribution in [-0.4, -0.2) is 15.8 Å². The molecule has 0 aliphatic carbocycles. The van der Waals surface area contributed by atoms with Crippen molar-refractivity contribution in [2.45, 2.75) is 20.0 Å². The van der Waals surface area contributed by atoms with E-state index in [0.29, 0.717) is 11.4 Å². The van der Waals surface area contributed by atoms with E-state index in [-0.39, 0.29) is 6.71 Å². The maximum absolute atomic E-state index is 15.1. The van der Waals surface area contributed by atoms with Crippen molar-refractivity contribution in [1.82, 2.24) is 9.13 Å². The minimum absolute atomic E-state index is 0.308. The van der Waals surface area contributed by atoms with Gasteiger partial charge in [0.05, 0.1) is 28.0 Å². The van der Waals surface area contributed by atoms with Crippen LogP contribution in [-0.2, 0) is 6.18 Å². The molecule has 2 aromatic heterocycles. The van der Waals surface area contributed by atoms with Gasteiger partial charge in [-0.2, -0.15) is 13.2 Å². The number of nitrogens with zero attached hydrogens (tertiary/aromatic N) is 4. The topological polar surface area (TPSA) is 16.3 Å². The normalized spacial score (nSPS) is 12.6. The Morgan fingerprint density at radius 2 is 0.807 bits per heavy atom. The first kappa shape index (κ1) is 33.4. The first-order chi connectivity index (χ1) is 27.8. The van der Waals surface area contributed by atoms with Gasteiger partial charge in [-0.05, 0) is 115 Å². The molecule has 2 aliphatic rings. The van der Waals surface area contributed by atoms with Crippen LogP contribution in [0.4, 0.5) is 47.3 Å². The standard InChI is InChI=1S/C49H34BF3N4/c1-31-27-38-42(56(34-15-7-3-8-16-34)35-17-9-4-10-18-35)25-23-40-47(38)54(31)44-29-33(49(51,52)53)30-45-46(44)50(40)41-24-26-43(39-28-32(2)55(45)48(39)41)57(36-19-11-5-12-20-36)37-21-13-6-14-22-37/h3-30H,1-2H3. The van der Waals surface area contributed by atoms with Gasteiger partial charge in [0.25, 0.3) is 6.71 Å². The van der Waals surface area contributed by atoms with Gasteiger partial charge >= 0.3 is 6.18 Å². The average Bonchev–Trinajstić information content (AvgIpc) is 3.77. The van der Waals surface area contributed by atoms with E-state index < -0.39 is 11.7 Å². The summed E-state index contributed by atoms with van der Waals surface area (Å²) in [5.74, 6) is 0. The zero-order valence-electron chi connectivity index (χ0n) is 31.2. The fourth-order valence-corrected chi connectivity index (χ4v) is 9.48. The Balaban J connectivity index is 1.22. The summed E-state index contributed by atoms with van der Waals surface area (Å²) in [5.41, 5.74) is 13.0. The predicted octanol–water partition coefficient (Wildman–Crippen LogP) is 11.3. The number of aryl methyl sites for hydroxylation is 2. The van der Waals surface area contributed by atoms with Crippen LogP contribution in [0.25, 0.3) is 33.2 Å². The van der Waals surface area contributed by atoms with E-state index in [9.17, 15) is 0 Å². The minimum atomic E-state index is -4.56. The van der Waals surface area contributed by atoms with Crippen LogP contribution in [0.15, 0.2) is 170 Å². The van der Waals surface area contributed by atoms with Crippen LogP contribution >= 0.6 is 0 Å². The number of para-hydroxylation sites is 4. The van der Waals surface area contributed by atoms with Crippen LogP contribution in [0.2, 0.25) is 0 Å². The molecule has 274 valence electrons. The number of hydrogen-bond donors (Lipinski definition) is 0. The first-order valence-electron chi connectivity index (χ1n) is 19.1. The molecule has 11 rings (SSSR count). The molecular formula is C49H34BF3N4. The molecule has 0 radical (unpaired) electrons. The van der Waals surface area contributed by atoms with Crippen molar-refractivity contribution in [2.75, 3.05) is 9.80 Å². The SMILES string of the molecule is Cc1cc2c(N(c3ccccc3)c3ccccc3)ccc3c2n1-c1cc(C(F)(F)F)cc2c1B3c1ccc(N(c3ccccc3)c3ccccc3)c3cc(C)n-2c13. The molecule has 0 fully saturated rings. The molecule has 57 heavy (non-hydrogen) atoms. The molecular weight excluding hydrogens is 712 g/mol. The highest BCUT2D eigenvalue weighted by Gasteiger charge is 2.43. The van der Waals surface area contributed by atoms with Gasteiger partial charge in [-0.25, -0.2) is 0 Å². The summed E-state index contributed by atoms with van der Waals surface area (Å²) in [4.78, 5) is 4.47. The number of hydrogen-bond acceptors (Lipinski definition) is 2. The molecule has 0 atom stereocenters. The fraction of sp³-hybridized carbons (Fsp3) is 0.0612. The Morgan fingerprint density at radius 1 is 0.456 bits per heavy atom. The minimum Gasteiger partial charge on any atom is -0.315 e. The van der Waals surface area contributed by atoms with Crippen LogP contribution in [0.1, 0.15) is 17.0 Å². The van der Waals surface area contributed by atoms with E-state index >= 15 is 13.2 Å². The van der Waals surface area contributed by atoms with Gasteiger partial charge in [0.15, 0.2) is 0 Å². The number of aromatic nitrogens is 2. The van der Waals surface area contributed by atoms with Crippen molar-refractivity contribution in [1.29, 1.82) is 0 Å². The van der Waals surface area contributed by atoms with E-state index in [1.807, 2.05) is 86.6 Å². The summed E-state index contributed by atoms with van der Waals surface area (Å²) < 4.78 is 49.4. The third-order valence-corrected chi connectivity index (χ3v) is 11.7. The van der Waals surface area contributed by atoms with Crippen molar-refractivity contribution in [2.24, 2.45) is 0 Å². The quantitative estimate of drug-likeness (QED) is 0.158. The molecule has 0 saturated heterocycles. The maximum Gasteiger partial charge on any atom is 0.416 e. The molecule has 4 heterocycles. The number of halogens is 3. The van der Waals surface area contributed by atoms with Gasteiger partial charge in [0.2, 0.25) is 0 Å². The van der Waals surface area contributed by atoms with Crippen molar-refractivity contribution in [3.05, 3.63) is 187 Å². The molecule has 0 amide bonds. The van der Waals surface area contributed by atoms with E-state index in [4.69, 9.17) is 0 Å². The molecule has 0 unspecified atom stereocenters. The highest BCUT2D eigenvalue weighted by Crippen LogP contribution is 2.45. The van der Waals surface area contributed by atoms with E-state index in [1.165, 1.54) is 12.1 Å². The fourth-order valence-electron chi connectivity index (χ4n) is 9.48. The number of fused-ring (bicyclic) bond motifs is 4. The van der Waals surface area contributed by atoms with E-state index in [2.05, 4.69) is 104 Å². The summed E-state index contributed by atoms with van der Waals surface area (Å²) in [5, 5.41) is 1.96. The molecule has 9 aromatic rings. The van der Waals surface area contributed by atoms with E-state index in [0.717, 1.165) is 83.7 Å². The molecule has 7 aromatic carbocycles. The molecule has 0 N–H and O–H groups in total. The molecule has 2 aliphatic heterocycles. The number of alkyl halides is 3. The van der Waals surface area contributed by atoms with Crippen molar-refractivity contribution in [3.8, 4) is 11.4 Å². The monoisotopic (exact) mass is 746 g/mol. The first-order valence-corrected chi connectivity index (χ1v) is 19.1. The smallest absolute Gasteiger partial charge is 0.315 e. The number of anilines is 6. The largest absolute Gasteiger partial charge is 0.416 e. The second-order valence-electron chi connectivity index (χ2n) is 15.0. The lowest BCUT2D eigenvalue weighted by Crippen LogP contribution is -2.59. The summed E-state index contributed by atoms with van der Waals surface area (Å²) in [6.45, 7) is 3.69. The maximum atomic E-state index is 15.1. The lowest BCUT2D eigenvalue weighted by molar-refractivity contribution is -0.137. The van der Waals surface area contributed by atoms with Gasteiger partial charge in [0, 0.05) is 56.3 Å². The third-order valence-electron chi connectivity index (χ3n) is 11.7. The Bertz CT molecular complexity index is 2750. The van der Waals surface area contributed by atoms with Crippen molar-refractivity contribution < 1.29 is 13.2 Å². The molecule has 0 bridgehead atoms. The second kappa shape index (κ2) is 12.3. The predicted molar refractivity (Wildman–Crippen MR) is 229 cm³/mol. The molecule has 8 heteroatoms. The van der Waals surface area contributed by atoms with Crippen LogP contribution in [0, 0.1) is 13.8 Å². The Kier molecular flexibility index (Phi) is 7.20. The summed E-state index contributed by atoms with van der Waals surface area (Å²) in [6.07, 6.45) is -4.56. The summed E-state index contributed by atoms with van der Waals surface area (Å²) in [6, 6.07) is 56.7. The van der Waals surface area contributed by atoms with E-state index in [1.54, 1.807) is 0 Å². The van der Waals surface area contributed by atoms with Crippen LogP contribution in [0.3, 0.4) is 0 Å². The highest BCUT2D eigenvalue weighted by molar-refractivity contribution is 7.00. The second-order valence-corrected chi connectivity index (χ2v) is 15.0. The van der Waals surface area contributed by atoms with Crippen molar-refractivity contribution in [3.63, 3.8) is 0 Å². The Hall–Kier alpha value is -6.93. The molecule has 4 nitrogen and oxygen atoms in total. The molecule has 0 spiro atoms. The average molecular weight is 747 g/mol. The highest BCUT2D eigenvalue weighted by atomic mass is 19.4. The summed E-state index contributed by atoms with van der Waals surface area (Å²) >= 11 is 0. The Labute approximate surface area is 328 Å². The lowest BCUT2D eigenvalue weighted by Gasteiger charge is -2.36. The van der Waals surface area contributed by atoms with Gasteiger partial charge in [-0.1, -0.05) is 84.9 Å². The van der Waals surface area contributed by atoms with Gasteiger partial charge in [-0.3, -0.25) is 0 Å². The molecule has 0 saturated carbocycles. The van der Waals surface area contributed by atoms with Gasteiger partial charge in [0.1, 0.15) is 0 Å². The zero-order valence-corrected chi connectivity index (χ0v) is 31.2. The van der Waals surface area contributed by atoms with Crippen LogP contribution < -0.4 is 26.2 Å². The van der Waals surface area contributed by atoms with Crippen molar-refractivity contribution >= 4 is 79.0 Å². The lowest BCUT2D eigenvalue weighted by atomic mass is 9.34. The Morgan fingerprint density at radius 3 is 1.14 bits per heavy atom. The number of rotatable bonds is 6. The third kappa shape index (κ3) is 4.89. The summed E-state index contributed by atoms with van der Waals surface area (Å²) in [7, 11) is 0. The zero-order chi connectivity index (χ0) is 38.6. The van der Waals surface area contributed by atoms with Crippen LogP contribution in [0.5, 0.6) is 0 Å².